The van der Waals surface area contributed by atoms with Gasteiger partial charge in [0.25, 0.3) is 0 Å². The van der Waals surface area contributed by atoms with Crippen LogP contribution in [-0.4, -0.2) is 18.7 Å². The van der Waals surface area contributed by atoms with E-state index >= 15 is 0 Å². The first-order chi connectivity index (χ1) is 9.24. The van der Waals surface area contributed by atoms with Crippen molar-refractivity contribution in [3.63, 3.8) is 0 Å². The van der Waals surface area contributed by atoms with Gasteiger partial charge < -0.3 is 20.5 Å². The maximum atomic E-state index is 12.0. The molecule has 1 aliphatic carbocycles. The van der Waals surface area contributed by atoms with Crippen LogP contribution in [0.2, 0.25) is 0 Å². The Morgan fingerprint density at radius 2 is 2.16 bits per heavy atom. The fraction of sp³-hybridized carbons (Fsp3) is 0.500. The van der Waals surface area contributed by atoms with E-state index in [4.69, 9.17) is 15.2 Å². The van der Waals surface area contributed by atoms with Gasteiger partial charge in [0, 0.05) is 12.6 Å². The summed E-state index contributed by atoms with van der Waals surface area (Å²) in [7, 11) is 0. The predicted octanol–water partition coefficient (Wildman–Crippen LogP) is 1.16. The summed E-state index contributed by atoms with van der Waals surface area (Å²) in [5.74, 6) is 1.52. The van der Waals surface area contributed by atoms with Crippen LogP contribution in [0.25, 0.3) is 0 Å². The van der Waals surface area contributed by atoms with Crippen LogP contribution in [0.5, 0.6) is 11.5 Å². The second-order valence-corrected chi connectivity index (χ2v) is 5.11. The van der Waals surface area contributed by atoms with Crippen LogP contribution in [0.3, 0.4) is 0 Å². The van der Waals surface area contributed by atoms with Crippen molar-refractivity contribution in [2.45, 2.75) is 31.8 Å². The Kier molecular flexibility index (Phi) is 3.29. The summed E-state index contributed by atoms with van der Waals surface area (Å²) >= 11 is 0. The minimum atomic E-state index is -0.0333. The minimum Gasteiger partial charge on any atom is -0.454 e. The third-order valence-electron chi connectivity index (χ3n) is 3.81. The Balaban J connectivity index is 1.58. The van der Waals surface area contributed by atoms with E-state index in [9.17, 15) is 4.79 Å². The Hall–Kier alpha value is -1.75. The van der Waals surface area contributed by atoms with Gasteiger partial charge in [-0.15, -0.1) is 0 Å². The molecule has 0 aromatic heterocycles. The second kappa shape index (κ2) is 5.09. The van der Waals surface area contributed by atoms with Gasteiger partial charge in [-0.05, 0) is 30.5 Å². The van der Waals surface area contributed by atoms with Crippen LogP contribution in [-0.2, 0) is 11.3 Å². The Morgan fingerprint density at radius 3 is 2.95 bits per heavy atom. The molecule has 0 spiro atoms. The zero-order valence-corrected chi connectivity index (χ0v) is 10.7. The number of ether oxygens (including phenoxy) is 2. The van der Waals surface area contributed by atoms with Crippen LogP contribution < -0.4 is 20.5 Å². The summed E-state index contributed by atoms with van der Waals surface area (Å²) in [6.07, 6.45) is 2.89. The van der Waals surface area contributed by atoms with Crippen molar-refractivity contribution >= 4 is 5.91 Å². The van der Waals surface area contributed by atoms with E-state index in [0.29, 0.717) is 6.54 Å². The van der Waals surface area contributed by atoms with E-state index in [0.717, 1.165) is 36.3 Å². The lowest BCUT2D eigenvalue weighted by Crippen LogP contribution is -2.38. The molecule has 5 nitrogen and oxygen atoms in total. The second-order valence-electron chi connectivity index (χ2n) is 5.11. The highest BCUT2D eigenvalue weighted by atomic mass is 16.7. The quantitative estimate of drug-likeness (QED) is 0.857. The van der Waals surface area contributed by atoms with Gasteiger partial charge in [0.15, 0.2) is 11.5 Å². The van der Waals surface area contributed by atoms with Gasteiger partial charge >= 0.3 is 0 Å². The van der Waals surface area contributed by atoms with Crippen molar-refractivity contribution in [2.24, 2.45) is 11.7 Å². The highest BCUT2D eigenvalue weighted by Crippen LogP contribution is 2.32. The van der Waals surface area contributed by atoms with Gasteiger partial charge in [-0.25, -0.2) is 0 Å². The first-order valence-corrected chi connectivity index (χ1v) is 6.66. The van der Waals surface area contributed by atoms with Crippen molar-refractivity contribution in [1.82, 2.24) is 5.32 Å². The molecule has 0 saturated heterocycles. The molecular formula is C14H18N2O3. The van der Waals surface area contributed by atoms with Gasteiger partial charge in [-0.2, -0.15) is 0 Å². The maximum absolute atomic E-state index is 12.0. The largest absolute Gasteiger partial charge is 0.454 e. The highest BCUT2D eigenvalue weighted by Gasteiger charge is 2.29. The molecule has 102 valence electrons. The van der Waals surface area contributed by atoms with Crippen LogP contribution in [0.1, 0.15) is 24.8 Å². The molecule has 1 aliphatic heterocycles. The van der Waals surface area contributed by atoms with E-state index in [2.05, 4.69) is 5.32 Å². The summed E-state index contributed by atoms with van der Waals surface area (Å²) < 4.78 is 10.6. The van der Waals surface area contributed by atoms with Crippen LogP contribution >= 0.6 is 0 Å². The number of nitrogens with two attached hydrogens (primary N) is 1. The minimum absolute atomic E-state index is 0.0109. The molecule has 1 aromatic rings. The Bertz CT molecular complexity index is 490. The number of benzene rings is 1. The number of fused-ring (bicyclic) bond motifs is 1. The summed E-state index contributed by atoms with van der Waals surface area (Å²) in [6, 6.07) is 5.71. The molecule has 2 aliphatic rings. The molecule has 2 unspecified atom stereocenters. The summed E-state index contributed by atoms with van der Waals surface area (Å²) in [4.78, 5) is 12.0. The molecule has 1 fully saturated rings. The topological polar surface area (TPSA) is 73.6 Å². The molecule has 3 rings (SSSR count). The normalized spacial score (nSPS) is 24.5. The van der Waals surface area contributed by atoms with Crippen molar-refractivity contribution in [2.75, 3.05) is 6.79 Å². The van der Waals surface area contributed by atoms with Crippen LogP contribution in [0.15, 0.2) is 18.2 Å². The zero-order valence-electron chi connectivity index (χ0n) is 10.7. The van der Waals surface area contributed by atoms with Gasteiger partial charge in [-0.3, -0.25) is 4.79 Å². The number of carbonyl (C=O) groups is 1. The fourth-order valence-corrected chi connectivity index (χ4v) is 2.69. The van der Waals surface area contributed by atoms with Crippen molar-refractivity contribution in [1.29, 1.82) is 0 Å². The molecule has 0 radical (unpaired) electrons. The SMILES string of the molecule is NC1CCCC1C(=O)NCc1ccc2c(c1)OCO2. The molecule has 1 amide bonds. The van der Waals surface area contributed by atoms with Gasteiger partial charge in [0.2, 0.25) is 12.7 Å². The number of amides is 1. The molecule has 1 heterocycles. The molecule has 2 atom stereocenters. The Morgan fingerprint density at radius 1 is 1.32 bits per heavy atom. The maximum Gasteiger partial charge on any atom is 0.231 e. The lowest BCUT2D eigenvalue weighted by atomic mass is 10.0. The molecule has 1 saturated carbocycles. The fourth-order valence-electron chi connectivity index (χ4n) is 2.69. The molecule has 3 N–H and O–H groups in total. The molecule has 0 bridgehead atoms. The first kappa shape index (κ1) is 12.3. The first-order valence-electron chi connectivity index (χ1n) is 6.66. The molecular weight excluding hydrogens is 244 g/mol. The van der Waals surface area contributed by atoms with E-state index < -0.39 is 0 Å². The van der Waals surface area contributed by atoms with E-state index in [1.54, 1.807) is 0 Å². The highest BCUT2D eigenvalue weighted by molar-refractivity contribution is 5.79. The molecule has 19 heavy (non-hydrogen) atoms. The van der Waals surface area contributed by atoms with Gasteiger partial charge in [-0.1, -0.05) is 12.5 Å². The van der Waals surface area contributed by atoms with E-state index in [1.807, 2.05) is 18.2 Å². The molecule has 1 aromatic carbocycles. The third kappa shape index (κ3) is 2.51. The van der Waals surface area contributed by atoms with Gasteiger partial charge in [0.05, 0.1) is 5.92 Å². The lowest BCUT2D eigenvalue weighted by molar-refractivity contribution is -0.125. The number of hydrogen-bond donors (Lipinski definition) is 2. The smallest absolute Gasteiger partial charge is 0.231 e. The average Bonchev–Trinajstić information content (AvgIpc) is 3.03. The number of rotatable bonds is 3. The van der Waals surface area contributed by atoms with E-state index in [1.165, 1.54) is 0 Å². The molecule has 5 heteroatoms. The third-order valence-corrected chi connectivity index (χ3v) is 3.81. The number of hydrogen-bond acceptors (Lipinski definition) is 4. The zero-order chi connectivity index (χ0) is 13.2. The monoisotopic (exact) mass is 262 g/mol. The van der Waals surface area contributed by atoms with E-state index in [-0.39, 0.29) is 24.7 Å². The van der Waals surface area contributed by atoms with Gasteiger partial charge in [0.1, 0.15) is 0 Å². The standard InChI is InChI=1S/C14H18N2O3/c15-11-3-1-2-10(11)14(17)16-7-9-4-5-12-13(6-9)19-8-18-12/h4-6,10-11H,1-3,7-8,15H2,(H,16,17). The number of nitrogens with one attached hydrogen (secondary N) is 1. The summed E-state index contributed by atoms with van der Waals surface area (Å²) in [5, 5.41) is 2.95. The lowest BCUT2D eigenvalue weighted by Gasteiger charge is -2.15. The van der Waals surface area contributed by atoms with Crippen molar-refractivity contribution in [3.05, 3.63) is 23.8 Å². The van der Waals surface area contributed by atoms with Crippen LogP contribution in [0.4, 0.5) is 0 Å². The summed E-state index contributed by atoms with van der Waals surface area (Å²) in [6.45, 7) is 0.765. The Labute approximate surface area is 112 Å². The van der Waals surface area contributed by atoms with Crippen LogP contribution in [0, 0.1) is 5.92 Å². The predicted molar refractivity (Wildman–Crippen MR) is 69.7 cm³/mol. The van der Waals surface area contributed by atoms with Crippen molar-refractivity contribution < 1.29 is 14.3 Å². The number of carbonyl (C=O) groups excluding carboxylic acids is 1. The summed E-state index contributed by atoms with van der Waals surface area (Å²) in [5.41, 5.74) is 6.93. The van der Waals surface area contributed by atoms with Crippen molar-refractivity contribution in [3.8, 4) is 11.5 Å². The average molecular weight is 262 g/mol.